The molecule has 0 atom stereocenters. The molecule has 9 heteroatoms. The lowest BCUT2D eigenvalue weighted by Crippen LogP contribution is -2.45. The van der Waals surface area contributed by atoms with Gasteiger partial charge < -0.3 is 9.32 Å². The maximum absolute atomic E-state index is 13.6. The molecule has 0 N–H and O–H groups in total. The van der Waals surface area contributed by atoms with Crippen LogP contribution in [0.3, 0.4) is 0 Å². The van der Waals surface area contributed by atoms with Crippen LogP contribution in [0.5, 0.6) is 0 Å². The predicted octanol–water partition coefficient (Wildman–Crippen LogP) is 7.03. The molecular formula is C28H25F3N4O2. The minimum absolute atomic E-state index is 0.0667. The minimum atomic E-state index is -4.70. The van der Waals surface area contributed by atoms with E-state index in [1.54, 1.807) is 29.2 Å². The number of hydrogen-bond acceptors (Lipinski definition) is 4. The van der Waals surface area contributed by atoms with E-state index in [0.717, 1.165) is 54.7 Å². The zero-order valence-corrected chi connectivity index (χ0v) is 20.0. The molecule has 2 heterocycles. The summed E-state index contributed by atoms with van der Waals surface area (Å²) in [7, 11) is 0. The van der Waals surface area contributed by atoms with Crippen molar-refractivity contribution in [3.63, 3.8) is 0 Å². The van der Waals surface area contributed by atoms with Crippen LogP contribution in [0.25, 0.3) is 22.6 Å². The Morgan fingerprint density at radius 3 is 2.05 bits per heavy atom. The summed E-state index contributed by atoms with van der Waals surface area (Å²) >= 11 is 0. The Morgan fingerprint density at radius 1 is 0.811 bits per heavy atom. The maximum Gasteiger partial charge on any atom is 0.470 e. The molecular weight excluding hydrogens is 481 g/mol. The zero-order chi connectivity index (χ0) is 25.8. The topological polar surface area (TPSA) is 62.5 Å². The summed E-state index contributed by atoms with van der Waals surface area (Å²) < 4.78 is 43.2. The third kappa shape index (κ3) is 5.66. The molecule has 1 fully saturated rings. The van der Waals surface area contributed by atoms with Crippen LogP contribution in [0.1, 0.15) is 30.7 Å². The van der Waals surface area contributed by atoms with Gasteiger partial charge >= 0.3 is 18.1 Å². The Balaban J connectivity index is 1.39. The molecule has 0 aliphatic carbocycles. The van der Waals surface area contributed by atoms with Crippen molar-refractivity contribution in [3.05, 3.63) is 90.3 Å². The number of benzene rings is 3. The van der Waals surface area contributed by atoms with Crippen molar-refractivity contribution in [2.75, 3.05) is 18.0 Å². The lowest BCUT2D eigenvalue weighted by atomic mass is 10.0. The monoisotopic (exact) mass is 506 g/mol. The molecule has 0 saturated carbocycles. The average Bonchev–Trinajstić information content (AvgIpc) is 3.44. The standard InChI is InChI=1S/C28H25F3N4O2/c29-28(30,31)26-33-32-25(37-26)23-11-9-20(10-12-23)19-35(27(36)34-17-5-2-6-18-34)24-15-13-22(14-16-24)21-7-3-1-4-8-21/h1,3-4,7-16H,2,5-6,17-19H2. The van der Waals surface area contributed by atoms with Crippen LogP contribution in [0.2, 0.25) is 0 Å². The largest absolute Gasteiger partial charge is 0.470 e. The molecule has 1 aromatic heterocycles. The summed E-state index contributed by atoms with van der Waals surface area (Å²) in [6, 6.07) is 24.6. The van der Waals surface area contributed by atoms with Gasteiger partial charge in [-0.25, -0.2) is 4.79 Å². The highest BCUT2D eigenvalue weighted by atomic mass is 19.4. The molecule has 190 valence electrons. The van der Waals surface area contributed by atoms with Crippen LogP contribution in [0, 0.1) is 0 Å². The van der Waals surface area contributed by atoms with Gasteiger partial charge in [-0.2, -0.15) is 13.2 Å². The smallest absolute Gasteiger partial charge is 0.413 e. The summed E-state index contributed by atoms with van der Waals surface area (Å²) in [6.07, 6.45) is -1.63. The number of carbonyl (C=O) groups is 1. The normalized spacial score (nSPS) is 14.0. The molecule has 5 rings (SSSR count). The van der Waals surface area contributed by atoms with Crippen molar-refractivity contribution in [1.29, 1.82) is 0 Å². The fourth-order valence-corrected chi connectivity index (χ4v) is 4.38. The second kappa shape index (κ2) is 10.5. The first-order valence-corrected chi connectivity index (χ1v) is 12.1. The molecule has 37 heavy (non-hydrogen) atoms. The fourth-order valence-electron chi connectivity index (χ4n) is 4.38. The molecule has 1 aliphatic rings. The van der Waals surface area contributed by atoms with E-state index in [4.69, 9.17) is 4.42 Å². The minimum Gasteiger partial charge on any atom is -0.413 e. The summed E-state index contributed by atoms with van der Waals surface area (Å²) in [5, 5.41) is 6.58. The van der Waals surface area contributed by atoms with Crippen molar-refractivity contribution >= 4 is 11.7 Å². The van der Waals surface area contributed by atoms with Crippen LogP contribution < -0.4 is 4.90 Å². The van der Waals surface area contributed by atoms with Gasteiger partial charge in [-0.1, -0.05) is 54.6 Å². The molecule has 0 radical (unpaired) electrons. The maximum atomic E-state index is 13.6. The Bertz CT molecular complexity index is 1330. The quantitative estimate of drug-likeness (QED) is 0.291. The summed E-state index contributed by atoms with van der Waals surface area (Å²) in [6.45, 7) is 1.74. The van der Waals surface area contributed by atoms with Crippen LogP contribution in [0.4, 0.5) is 23.7 Å². The lowest BCUT2D eigenvalue weighted by Gasteiger charge is -2.33. The first-order chi connectivity index (χ1) is 17.9. The number of anilines is 1. The zero-order valence-electron chi connectivity index (χ0n) is 20.0. The highest BCUT2D eigenvalue weighted by molar-refractivity contribution is 5.92. The van der Waals surface area contributed by atoms with Gasteiger partial charge in [0.2, 0.25) is 5.89 Å². The third-order valence-electron chi connectivity index (χ3n) is 6.35. The van der Waals surface area contributed by atoms with Gasteiger partial charge in [0.25, 0.3) is 0 Å². The molecule has 3 aromatic carbocycles. The van der Waals surface area contributed by atoms with E-state index in [1.807, 2.05) is 59.5 Å². The lowest BCUT2D eigenvalue weighted by molar-refractivity contribution is -0.156. The summed E-state index contributed by atoms with van der Waals surface area (Å²) in [5.74, 6) is -1.60. The van der Waals surface area contributed by atoms with Gasteiger partial charge in [-0.3, -0.25) is 4.90 Å². The Labute approximate surface area is 212 Å². The Morgan fingerprint density at radius 2 is 1.43 bits per heavy atom. The van der Waals surface area contributed by atoms with E-state index < -0.39 is 12.1 Å². The van der Waals surface area contributed by atoms with E-state index >= 15 is 0 Å². The van der Waals surface area contributed by atoms with Crippen LogP contribution in [-0.4, -0.2) is 34.2 Å². The van der Waals surface area contributed by atoms with E-state index in [-0.39, 0.29) is 11.9 Å². The average molecular weight is 507 g/mol. The highest BCUT2D eigenvalue weighted by Crippen LogP contribution is 2.31. The number of nitrogens with zero attached hydrogens (tertiary/aromatic N) is 4. The van der Waals surface area contributed by atoms with Crippen LogP contribution in [-0.2, 0) is 12.7 Å². The van der Waals surface area contributed by atoms with Gasteiger partial charge in [0, 0.05) is 24.3 Å². The number of aromatic nitrogens is 2. The van der Waals surface area contributed by atoms with Crippen molar-refractivity contribution < 1.29 is 22.4 Å². The highest BCUT2D eigenvalue weighted by Gasteiger charge is 2.38. The Kier molecular flexibility index (Phi) is 6.94. The molecule has 2 amide bonds. The molecule has 6 nitrogen and oxygen atoms in total. The first kappa shape index (κ1) is 24.5. The third-order valence-corrected chi connectivity index (χ3v) is 6.35. The molecule has 0 unspecified atom stereocenters. The Hall–Kier alpha value is -4.14. The first-order valence-electron chi connectivity index (χ1n) is 12.1. The summed E-state index contributed by atoms with van der Waals surface area (Å²) in [5.41, 5.74) is 4.10. The van der Waals surface area contributed by atoms with Gasteiger partial charge in [0.05, 0.1) is 6.54 Å². The van der Waals surface area contributed by atoms with Crippen LogP contribution >= 0.6 is 0 Å². The number of hydrogen-bond donors (Lipinski definition) is 0. The second-order valence-corrected chi connectivity index (χ2v) is 8.94. The summed E-state index contributed by atoms with van der Waals surface area (Å²) in [4.78, 5) is 17.2. The number of piperidine rings is 1. The van der Waals surface area contributed by atoms with E-state index in [0.29, 0.717) is 12.1 Å². The molecule has 1 aliphatic heterocycles. The van der Waals surface area contributed by atoms with Gasteiger partial charge in [0.15, 0.2) is 0 Å². The van der Waals surface area contributed by atoms with Crippen molar-refractivity contribution in [2.24, 2.45) is 0 Å². The van der Waals surface area contributed by atoms with Gasteiger partial charge in [-0.15, -0.1) is 10.2 Å². The number of likely N-dealkylation sites (tertiary alicyclic amines) is 1. The van der Waals surface area contributed by atoms with E-state index in [1.165, 1.54) is 0 Å². The fraction of sp³-hybridized carbons (Fsp3) is 0.250. The van der Waals surface area contributed by atoms with Crippen molar-refractivity contribution in [3.8, 4) is 22.6 Å². The van der Waals surface area contributed by atoms with Crippen molar-refractivity contribution in [2.45, 2.75) is 32.0 Å². The second-order valence-electron chi connectivity index (χ2n) is 8.94. The van der Waals surface area contributed by atoms with Gasteiger partial charge in [0.1, 0.15) is 0 Å². The van der Waals surface area contributed by atoms with E-state index in [2.05, 4.69) is 10.2 Å². The van der Waals surface area contributed by atoms with E-state index in [9.17, 15) is 18.0 Å². The molecule has 4 aromatic rings. The number of urea groups is 1. The number of alkyl halides is 3. The van der Waals surface area contributed by atoms with Gasteiger partial charge in [-0.05, 0) is 60.2 Å². The van der Waals surface area contributed by atoms with Crippen LogP contribution in [0.15, 0.2) is 83.3 Å². The SMILES string of the molecule is O=C(N1CCCCC1)N(Cc1ccc(-c2nnc(C(F)(F)F)o2)cc1)c1ccc(-c2ccccc2)cc1. The number of halogens is 3. The van der Waals surface area contributed by atoms with Crippen molar-refractivity contribution in [1.82, 2.24) is 15.1 Å². The number of amides is 2. The molecule has 1 saturated heterocycles. The number of carbonyl (C=O) groups excluding carboxylic acids is 1. The molecule has 0 bridgehead atoms. The predicted molar refractivity (Wildman–Crippen MR) is 134 cm³/mol. The number of rotatable bonds is 5. The molecule has 0 spiro atoms.